The number of likely N-dealkylation sites (tertiary alicyclic amines) is 1. The maximum Gasteiger partial charge on any atom is 0.261 e. The van der Waals surface area contributed by atoms with Crippen LogP contribution in [0.25, 0.3) is 0 Å². The summed E-state index contributed by atoms with van der Waals surface area (Å²) in [5.74, 6) is 1.05. The first-order chi connectivity index (χ1) is 11.4. The number of carbonyl (C=O) groups is 1. The van der Waals surface area contributed by atoms with Gasteiger partial charge in [0, 0.05) is 25.7 Å². The van der Waals surface area contributed by atoms with Crippen LogP contribution in [0.5, 0.6) is 11.5 Å². The van der Waals surface area contributed by atoms with Gasteiger partial charge in [-0.15, -0.1) is 0 Å². The first kappa shape index (κ1) is 17.0. The molecule has 0 aromatic heterocycles. The molecule has 2 heterocycles. The summed E-state index contributed by atoms with van der Waals surface area (Å²) < 4.78 is 35.7. The zero-order valence-corrected chi connectivity index (χ0v) is 14.9. The summed E-state index contributed by atoms with van der Waals surface area (Å²) in [6, 6.07) is 5.07. The highest BCUT2D eigenvalue weighted by Crippen LogP contribution is 2.36. The van der Waals surface area contributed by atoms with Crippen molar-refractivity contribution in [3.63, 3.8) is 0 Å². The second kappa shape index (κ2) is 6.25. The van der Waals surface area contributed by atoms with E-state index in [-0.39, 0.29) is 11.9 Å². The monoisotopic (exact) mass is 354 g/mol. The van der Waals surface area contributed by atoms with Crippen molar-refractivity contribution in [2.45, 2.75) is 12.5 Å². The van der Waals surface area contributed by atoms with Crippen LogP contribution in [-0.2, 0) is 10.0 Å². The highest BCUT2D eigenvalue weighted by molar-refractivity contribution is 7.88. The van der Waals surface area contributed by atoms with Crippen LogP contribution >= 0.6 is 0 Å². The number of sulfonamides is 1. The smallest absolute Gasteiger partial charge is 0.261 e. The standard InChI is InChI=1S/C16H22N2O5S/c1-22-13-5-4-6-14(23-2)15(13)16(19)17-8-7-11-9-18(12(11)10-17)24(3,20)21/h4-6,11-12H,7-10H2,1-3H3/t11-,12-/m1/s1. The van der Waals surface area contributed by atoms with Crippen LogP contribution in [0.3, 0.4) is 0 Å². The van der Waals surface area contributed by atoms with Crippen LogP contribution in [0, 0.1) is 5.92 Å². The lowest BCUT2D eigenvalue weighted by atomic mass is 9.84. The molecule has 0 unspecified atom stereocenters. The Morgan fingerprint density at radius 3 is 2.33 bits per heavy atom. The fourth-order valence-corrected chi connectivity index (χ4v) is 4.73. The van der Waals surface area contributed by atoms with Crippen LogP contribution in [0.4, 0.5) is 0 Å². The Kier molecular flexibility index (Phi) is 4.44. The Hall–Kier alpha value is -1.80. The van der Waals surface area contributed by atoms with Crippen molar-refractivity contribution in [3.8, 4) is 11.5 Å². The molecule has 1 aromatic carbocycles. The maximum atomic E-state index is 13.0. The van der Waals surface area contributed by atoms with Gasteiger partial charge in [-0.3, -0.25) is 4.79 Å². The third-order valence-corrected chi connectivity index (χ3v) is 6.13. The summed E-state index contributed by atoms with van der Waals surface area (Å²) in [7, 11) is -0.212. The van der Waals surface area contributed by atoms with E-state index >= 15 is 0 Å². The fraction of sp³-hybridized carbons (Fsp3) is 0.562. The van der Waals surface area contributed by atoms with Gasteiger partial charge in [0.15, 0.2) is 0 Å². The number of amides is 1. The number of hydrogen-bond donors (Lipinski definition) is 0. The quantitative estimate of drug-likeness (QED) is 0.800. The maximum absolute atomic E-state index is 13.0. The summed E-state index contributed by atoms with van der Waals surface area (Å²) in [6.45, 7) is 1.57. The number of piperidine rings is 1. The Morgan fingerprint density at radius 1 is 1.17 bits per heavy atom. The molecule has 0 N–H and O–H groups in total. The first-order valence-corrected chi connectivity index (χ1v) is 9.68. The number of rotatable bonds is 4. The van der Waals surface area contributed by atoms with Crippen molar-refractivity contribution < 1.29 is 22.7 Å². The van der Waals surface area contributed by atoms with E-state index in [1.165, 1.54) is 24.8 Å². The van der Waals surface area contributed by atoms with Crippen molar-refractivity contribution in [2.24, 2.45) is 5.92 Å². The van der Waals surface area contributed by atoms with Crippen LogP contribution < -0.4 is 9.47 Å². The van der Waals surface area contributed by atoms with Crippen molar-refractivity contribution in [1.29, 1.82) is 0 Å². The molecule has 2 aliphatic heterocycles. The fourth-order valence-electron chi connectivity index (χ4n) is 3.53. The van der Waals surface area contributed by atoms with E-state index in [2.05, 4.69) is 0 Å². The van der Waals surface area contributed by atoms with Crippen molar-refractivity contribution in [3.05, 3.63) is 23.8 Å². The van der Waals surface area contributed by atoms with E-state index in [9.17, 15) is 13.2 Å². The predicted octanol–water partition coefficient (Wildman–Crippen LogP) is 0.810. The molecule has 8 heteroatoms. The van der Waals surface area contributed by atoms with E-state index in [0.29, 0.717) is 42.6 Å². The van der Waals surface area contributed by atoms with Crippen molar-refractivity contribution >= 4 is 15.9 Å². The Morgan fingerprint density at radius 2 is 1.79 bits per heavy atom. The summed E-state index contributed by atoms with van der Waals surface area (Å²) in [5.41, 5.74) is 0.381. The molecule has 2 fully saturated rings. The van der Waals surface area contributed by atoms with Crippen molar-refractivity contribution in [1.82, 2.24) is 9.21 Å². The average Bonchev–Trinajstić information content (AvgIpc) is 2.53. The van der Waals surface area contributed by atoms with Gasteiger partial charge in [0.25, 0.3) is 5.91 Å². The summed E-state index contributed by atoms with van der Waals surface area (Å²) in [6.07, 6.45) is 2.02. The van der Waals surface area contributed by atoms with E-state index in [1.807, 2.05) is 0 Å². The minimum absolute atomic E-state index is 0.126. The molecule has 0 aliphatic carbocycles. The van der Waals surface area contributed by atoms with Crippen LogP contribution in [0.2, 0.25) is 0 Å². The molecule has 24 heavy (non-hydrogen) atoms. The molecule has 3 rings (SSSR count). The summed E-state index contributed by atoms with van der Waals surface area (Å²) >= 11 is 0. The molecule has 1 aromatic rings. The molecule has 2 atom stereocenters. The molecule has 0 radical (unpaired) electrons. The zero-order chi connectivity index (χ0) is 17.5. The number of ether oxygens (including phenoxy) is 2. The summed E-state index contributed by atoms with van der Waals surface area (Å²) in [5, 5.41) is 0. The van der Waals surface area contributed by atoms with E-state index in [4.69, 9.17) is 9.47 Å². The topological polar surface area (TPSA) is 76.2 Å². The van der Waals surface area contributed by atoms with Gasteiger partial charge in [0.1, 0.15) is 17.1 Å². The lowest BCUT2D eigenvalue weighted by Gasteiger charge is -2.51. The molecule has 7 nitrogen and oxygen atoms in total. The average molecular weight is 354 g/mol. The zero-order valence-electron chi connectivity index (χ0n) is 14.1. The highest BCUT2D eigenvalue weighted by atomic mass is 32.2. The molecule has 1 amide bonds. The van der Waals surface area contributed by atoms with Gasteiger partial charge in [-0.2, -0.15) is 4.31 Å². The molecule has 2 saturated heterocycles. The highest BCUT2D eigenvalue weighted by Gasteiger charge is 2.47. The van der Waals surface area contributed by atoms with Gasteiger partial charge in [-0.1, -0.05) is 6.07 Å². The molecule has 132 valence electrons. The van der Waals surface area contributed by atoms with Crippen LogP contribution in [0.15, 0.2) is 18.2 Å². The van der Waals surface area contributed by atoms with Crippen LogP contribution in [-0.4, -0.2) is 69.7 Å². The van der Waals surface area contributed by atoms with E-state index in [1.54, 1.807) is 23.1 Å². The Bertz CT molecular complexity index is 727. The third kappa shape index (κ3) is 2.84. The number of benzene rings is 1. The molecule has 0 bridgehead atoms. The van der Waals surface area contributed by atoms with Gasteiger partial charge >= 0.3 is 0 Å². The minimum atomic E-state index is -3.23. The van der Waals surface area contributed by atoms with Gasteiger partial charge < -0.3 is 14.4 Å². The normalized spacial score (nSPS) is 24.0. The number of hydrogen-bond acceptors (Lipinski definition) is 5. The third-order valence-electron chi connectivity index (χ3n) is 4.86. The Balaban J connectivity index is 1.84. The van der Waals surface area contributed by atoms with E-state index < -0.39 is 10.0 Å². The molecular weight excluding hydrogens is 332 g/mol. The van der Waals surface area contributed by atoms with Gasteiger partial charge in [-0.05, 0) is 24.5 Å². The van der Waals surface area contributed by atoms with Crippen molar-refractivity contribution in [2.75, 3.05) is 40.1 Å². The predicted molar refractivity (Wildman–Crippen MR) is 88.9 cm³/mol. The number of methoxy groups -OCH3 is 2. The van der Waals surface area contributed by atoms with E-state index in [0.717, 1.165) is 6.42 Å². The first-order valence-electron chi connectivity index (χ1n) is 7.84. The molecule has 0 spiro atoms. The second-order valence-corrected chi connectivity index (χ2v) is 8.17. The minimum Gasteiger partial charge on any atom is -0.496 e. The Labute approximate surface area is 142 Å². The van der Waals surface area contributed by atoms with Crippen LogP contribution in [0.1, 0.15) is 16.8 Å². The SMILES string of the molecule is COc1cccc(OC)c1C(=O)N1CC[C@@H]2CN(S(C)(=O)=O)[C@@H]2C1. The van der Waals surface area contributed by atoms with Gasteiger partial charge in [0.2, 0.25) is 10.0 Å². The molecule has 0 saturated carbocycles. The lowest BCUT2D eigenvalue weighted by Crippen LogP contribution is -2.65. The number of carbonyl (C=O) groups excluding carboxylic acids is 1. The number of nitrogens with zero attached hydrogens (tertiary/aromatic N) is 2. The largest absolute Gasteiger partial charge is 0.496 e. The number of fused-ring (bicyclic) bond motifs is 1. The lowest BCUT2D eigenvalue weighted by molar-refractivity contribution is 0.0138. The molecular formula is C16H22N2O5S. The molecule has 2 aliphatic rings. The summed E-state index contributed by atoms with van der Waals surface area (Å²) in [4.78, 5) is 14.7. The van der Waals surface area contributed by atoms with Gasteiger partial charge in [0.05, 0.1) is 20.5 Å². The second-order valence-electron chi connectivity index (χ2n) is 6.24. The van der Waals surface area contributed by atoms with Gasteiger partial charge in [-0.25, -0.2) is 8.42 Å².